The average Bonchev–Trinajstić information content (AvgIpc) is 2.40. The fourth-order valence-electron chi connectivity index (χ4n) is 1.51. The Bertz CT molecular complexity index is 546. The first-order valence-corrected chi connectivity index (χ1v) is 5.74. The number of benzene rings is 1. The quantitative estimate of drug-likeness (QED) is 0.863. The lowest BCUT2D eigenvalue weighted by molar-refractivity contribution is 0.295. The van der Waals surface area contributed by atoms with E-state index in [4.69, 9.17) is 26.8 Å². The van der Waals surface area contributed by atoms with E-state index in [1.807, 2.05) is 12.1 Å². The van der Waals surface area contributed by atoms with Gasteiger partial charge in [-0.1, -0.05) is 11.6 Å². The van der Waals surface area contributed by atoms with Crippen LogP contribution in [0.4, 0.5) is 5.69 Å². The van der Waals surface area contributed by atoms with Gasteiger partial charge in [-0.3, -0.25) is 0 Å². The Hall–Kier alpha value is -1.94. The van der Waals surface area contributed by atoms with Crippen LogP contribution in [0, 0.1) is 0 Å². The molecule has 0 atom stereocenters. The van der Waals surface area contributed by atoms with Crippen LogP contribution in [-0.2, 0) is 6.61 Å². The van der Waals surface area contributed by atoms with E-state index in [0.717, 1.165) is 5.56 Å². The zero-order chi connectivity index (χ0) is 13.0. The van der Waals surface area contributed by atoms with Crippen molar-refractivity contribution in [3.63, 3.8) is 0 Å². The van der Waals surface area contributed by atoms with Crippen molar-refractivity contribution in [1.29, 1.82) is 0 Å². The van der Waals surface area contributed by atoms with Gasteiger partial charge in [-0.15, -0.1) is 0 Å². The van der Waals surface area contributed by atoms with Crippen molar-refractivity contribution in [2.75, 3.05) is 12.8 Å². The van der Waals surface area contributed by atoms with E-state index in [9.17, 15) is 0 Å². The lowest BCUT2D eigenvalue weighted by Gasteiger charge is -2.11. The van der Waals surface area contributed by atoms with Crippen molar-refractivity contribution in [1.82, 2.24) is 4.98 Å². The Morgan fingerprint density at radius 1 is 1.33 bits per heavy atom. The van der Waals surface area contributed by atoms with Gasteiger partial charge in [-0.25, -0.2) is 4.98 Å². The number of nitrogens with zero attached hydrogens (tertiary/aromatic N) is 1. The van der Waals surface area contributed by atoms with Crippen LogP contribution in [-0.4, -0.2) is 12.1 Å². The second kappa shape index (κ2) is 5.60. The highest BCUT2D eigenvalue weighted by atomic mass is 35.5. The van der Waals surface area contributed by atoms with E-state index in [1.54, 1.807) is 31.5 Å². The van der Waals surface area contributed by atoms with Crippen LogP contribution in [0.15, 0.2) is 36.5 Å². The maximum atomic E-state index is 5.88. The van der Waals surface area contributed by atoms with E-state index < -0.39 is 0 Å². The Morgan fingerprint density at radius 3 is 2.94 bits per heavy atom. The minimum Gasteiger partial charge on any atom is -0.486 e. The van der Waals surface area contributed by atoms with Gasteiger partial charge in [0.2, 0.25) is 5.88 Å². The maximum absolute atomic E-state index is 5.88. The summed E-state index contributed by atoms with van der Waals surface area (Å²) in [5.74, 6) is 1.09. The Morgan fingerprint density at radius 2 is 2.17 bits per heavy atom. The Balaban J connectivity index is 2.14. The number of hydrogen-bond donors (Lipinski definition) is 1. The third-order valence-electron chi connectivity index (χ3n) is 2.40. The molecule has 2 aromatic rings. The van der Waals surface area contributed by atoms with Crippen molar-refractivity contribution in [3.05, 3.63) is 47.1 Å². The third kappa shape index (κ3) is 2.84. The normalized spacial score (nSPS) is 10.1. The number of nitrogens with two attached hydrogens (primary N) is 1. The molecule has 0 amide bonds. The summed E-state index contributed by atoms with van der Waals surface area (Å²) >= 11 is 5.88. The summed E-state index contributed by atoms with van der Waals surface area (Å²) in [4.78, 5) is 4.09. The van der Waals surface area contributed by atoms with Crippen molar-refractivity contribution < 1.29 is 9.47 Å². The molecule has 5 heteroatoms. The van der Waals surface area contributed by atoms with Crippen molar-refractivity contribution in [2.45, 2.75) is 6.61 Å². The molecule has 0 fully saturated rings. The van der Waals surface area contributed by atoms with E-state index in [-0.39, 0.29) is 0 Å². The molecule has 0 aliphatic carbocycles. The molecule has 0 saturated heterocycles. The van der Waals surface area contributed by atoms with Gasteiger partial charge in [-0.2, -0.15) is 0 Å². The molecule has 0 aliphatic heterocycles. The Labute approximate surface area is 110 Å². The van der Waals surface area contributed by atoms with Gasteiger partial charge >= 0.3 is 0 Å². The molecule has 0 unspecified atom stereocenters. The molecule has 18 heavy (non-hydrogen) atoms. The van der Waals surface area contributed by atoms with Gasteiger partial charge in [0.05, 0.1) is 18.4 Å². The number of hydrogen-bond acceptors (Lipinski definition) is 4. The molecule has 0 spiro atoms. The number of rotatable bonds is 4. The number of methoxy groups -OCH3 is 1. The second-order valence-electron chi connectivity index (χ2n) is 3.64. The summed E-state index contributed by atoms with van der Waals surface area (Å²) in [5.41, 5.74) is 7.18. The average molecular weight is 265 g/mol. The molecule has 2 N–H and O–H groups in total. The number of halogens is 1. The lowest BCUT2D eigenvalue weighted by Crippen LogP contribution is -2.01. The van der Waals surface area contributed by atoms with E-state index in [0.29, 0.717) is 28.9 Å². The number of nitrogen functional groups attached to an aromatic ring is 1. The number of ether oxygens (including phenoxy) is 2. The molecular weight excluding hydrogens is 252 g/mol. The molecule has 0 saturated carbocycles. The molecule has 94 valence electrons. The predicted octanol–water partition coefficient (Wildman–Crippen LogP) is 2.90. The Kier molecular flexibility index (Phi) is 3.89. The van der Waals surface area contributed by atoms with Crippen molar-refractivity contribution >= 4 is 17.3 Å². The topological polar surface area (TPSA) is 57.4 Å². The monoisotopic (exact) mass is 264 g/mol. The molecule has 2 rings (SSSR count). The van der Waals surface area contributed by atoms with Crippen LogP contribution in [0.2, 0.25) is 5.02 Å². The van der Waals surface area contributed by atoms with E-state index in [1.165, 1.54) is 0 Å². The van der Waals surface area contributed by atoms with Crippen LogP contribution >= 0.6 is 11.6 Å². The third-order valence-corrected chi connectivity index (χ3v) is 2.64. The van der Waals surface area contributed by atoms with Crippen LogP contribution in [0.3, 0.4) is 0 Å². The summed E-state index contributed by atoms with van der Waals surface area (Å²) in [6.07, 6.45) is 1.66. The van der Waals surface area contributed by atoms with Crippen LogP contribution in [0.25, 0.3) is 0 Å². The molecule has 0 aliphatic rings. The molecule has 1 aromatic carbocycles. The van der Waals surface area contributed by atoms with Gasteiger partial charge in [0.15, 0.2) is 0 Å². The van der Waals surface area contributed by atoms with Gasteiger partial charge in [-0.05, 0) is 24.3 Å². The molecular formula is C13H13ClN2O2. The maximum Gasteiger partial charge on any atom is 0.219 e. The largest absolute Gasteiger partial charge is 0.486 e. The zero-order valence-electron chi connectivity index (χ0n) is 9.89. The smallest absolute Gasteiger partial charge is 0.219 e. The number of aromatic nitrogens is 1. The lowest BCUT2D eigenvalue weighted by atomic mass is 10.2. The van der Waals surface area contributed by atoms with Crippen molar-refractivity contribution in [2.24, 2.45) is 0 Å². The van der Waals surface area contributed by atoms with Gasteiger partial charge < -0.3 is 15.2 Å². The number of anilines is 1. The minimum atomic E-state index is 0.321. The van der Waals surface area contributed by atoms with Crippen molar-refractivity contribution in [3.8, 4) is 11.6 Å². The highest BCUT2D eigenvalue weighted by Crippen LogP contribution is 2.27. The highest BCUT2D eigenvalue weighted by molar-refractivity contribution is 6.30. The second-order valence-corrected chi connectivity index (χ2v) is 4.08. The summed E-state index contributed by atoms with van der Waals surface area (Å²) in [5, 5.41) is 0.581. The van der Waals surface area contributed by atoms with Gasteiger partial charge in [0.25, 0.3) is 0 Å². The highest BCUT2D eigenvalue weighted by Gasteiger charge is 2.06. The molecule has 1 heterocycles. The summed E-state index contributed by atoms with van der Waals surface area (Å²) < 4.78 is 10.8. The van der Waals surface area contributed by atoms with Crippen LogP contribution in [0.1, 0.15) is 5.56 Å². The molecule has 1 aromatic heterocycles. The van der Waals surface area contributed by atoms with Crippen LogP contribution < -0.4 is 15.2 Å². The van der Waals surface area contributed by atoms with E-state index in [2.05, 4.69) is 4.98 Å². The molecule has 0 radical (unpaired) electrons. The first-order valence-electron chi connectivity index (χ1n) is 5.36. The predicted molar refractivity (Wildman–Crippen MR) is 71.0 cm³/mol. The zero-order valence-corrected chi connectivity index (χ0v) is 10.6. The fourth-order valence-corrected chi connectivity index (χ4v) is 1.67. The van der Waals surface area contributed by atoms with E-state index >= 15 is 0 Å². The first kappa shape index (κ1) is 12.5. The first-order chi connectivity index (χ1) is 8.70. The number of pyridine rings is 1. The van der Waals surface area contributed by atoms with Gasteiger partial charge in [0, 0.05) is 17.3 Å². The SMILES string of the molecule is COc1ncccc1COc1cc(Cl)ccc1N. The van der Waals surface area contributed by atoms with Gasteiger partial charge in [0.1, 0.15) is 12.4 Å². The summed E-state index contributed by atoms with van der Waals surface area (Å²) in [6.45, 7) is 0.321. The van der Waals surface area contributed by atoms with Crippen LogP contribution in [0.5, 0.6) is 11.6 Å². The molecule has 0 bridgehead atoms. The minimum absolute atomic E-state index is 0.321. The summed E-state index contributed by atoms with van der Waals surface area (Å²) in [7, 11) is 1.57. The fraction of sp³-hybridized carbons (Fsp3) is 0.154. The molecule has 4 nitrogen and oxygen atoms in total. The summed E-state index contributed by atoms with van der Waals surface area (Å²) in [6, 6.07) is 8.81. The standard InChI is InChI=1S/C13H13ClN2O2/c1-17-13-9(3-2-6-16-13)8-18-12-7-10(14)4-5-11(12)15/h2-7H,8,15H2,1H3.